The standard InChI is InChI=1S/C30H44O8/c1-17-12-19(15-36-17)21-7-11-30(35)23-6-10-29(34)14-20(38-25-13-24(32)26(33)18(2)37-25)4-9-28(29,16-31)22(23)5-8-27(21,30)3/h12,16,18,20-26,32-35H,1,4-11,13-15H2,2-3H3/t18-,20+,21-,22?,23?,24+,25+,26-,27-,28+,29+,30+/m1/s1. The number of carbonyl (C=O) groups is 1. The van der Waals surface area contributed by atoms with Crippen molar-refractivity contribution in [2.24, 2.45) is 28.6 Å². The molecule has 0 aromatic heterocycles. The Bertz CT molecular complexity index is 1000. The number of aldehydes is 1. The van der Waals surface area contributed by atoms with E-state index in [-0.39, 0.29) is 35.7 Å². The summed E-state index contributed by atoms with van der Waals surface area (Å²) in [5, 5.41) is 44.7. The zero-order valence-corrected chi connectivity index (χ0v) is 22.7. The molecule has 0 bridgehead atoms. The van der Waals surface area contributed by atoms with Crippen LogP contribution in [-0.4, -0.2) is 75.2 Å². The van der Waals surface area contributed by atoms with Crippen molar-refractivity contribution in [1.82, 2.24) is 0 Å². The van der Waals surface area contributed by atoms with Crippen molar-refractivity contribution in [2.75, 3.05) is 6.61 Å². The average molecular weight is 533 g/mol. The summed E-state index contributed by atoms with van der Waals surface area (Å²) >= 11 is 0. The lowest BCUT2D eigenvalue weighted by atomic mass is 9.41. The van der Waals surface area contributed by atoms with Gasteiger partial charge in [0.25, 0.3) is 0 Å². The highest BCUT2D eigenvalue weighted by Gasteiger charge is 2.71. The lowest BCUT2D eigenvalue weighted by molar-refractivity contribution is -0.286. The van der Waals surface area contributed by atoms with Crippen LogP contribution < -0.4 is 0 Å². The van der Waals surface area contributed by atoms with Crippen molar-refractivity contribution in [3.63, 3.8) is 0 Å². The first-order valence-corrected chi connectivity index (χ1v) is 14.6. The Hall–Kier alpha value is -1.29. The van der Waals surface area contributed by atoms with Gasteiger partial charge in [-0.3, -0.25) is 0 Å². The van der Waals surface area contributed by atoms with Gasteiger partial charge >= 0.3 is 0 Å². The first-order valence-electron chi connectivity index (χ1n) is 14.6. The minimum absolute atomic E-state index is 0.0421. The largest absolute Gasteiger partial charge is 0.490 e. The predicted octanol–water partition coefficient (Wildman–Crippen LogP) is 2.77. The van der Waals surface area contributed by atoms with Gasteiger partial charge < -0.3 is 39.4 Å². The third kappa shape index (κ3) is 3.67. The average Bonchev–Trinajstić information content (AvgIpc) is 3.41. The smallest absolute Gasteiger partial charge is 0.161 e. The van der Waals surface area contributed by atoms with E-state index in [0.29, 0.717) is 50.9 Å². The number of hydrogen-bond donors (Lipinski definition) is 4. The van der Waals surface area contributed by atoms with Gasteiger partial charge in [-0.05, 0) is 87.7 Å². The van der Waals surface area contributed by atoms with Gasteiger partial charge in [-0.15, -0.1) is 0 Å². The van der Waals surface area contributed by atoms with E-state index in [9.17, 15) is 25.2 Å². The molecule has 0 amide bonds. The molecule has 0 aromatic carbocycles. The SMILES string of the molecule is C=C1C=C([C@H]2CC[C@]3(O)C4CC[C@]5(O)C[C@@H](O[C@H]6C[C@H](O)[C@H](O)[C@@H](C)O6)CC[C@]5(C=O)C4CC[C@]23C)CO1. The Labute approximate surface area is 225 Å². The Morgan fingerprint density at radius 1 is 1.08 bits per heavy atom. The summed E-state index contributed by atoms with van der Waals surface area (Å²) < 4.78 is 17.6. The van der Waals surface area contributed by atoms with Crippen molar-refractivity contribution < 1.29 is 39.4 Å². The minimum Gasteiger partial charge on any atom is -0.490 e. The summed E-state index contributed by atoms with van der Waals surface area (Å²) in [7, 11) is 0. The minimum atomic E-state index is -1.21. The molecule has 0 aromatic rings. The second-order valence-electron chi connectivity index (χ2n) is 13.5. The summed E-state index contributed by atoms with van der Waals surface area (Å²) in [4.78, 5) is 13.0. The van der Waals surface area contributed by atoms with Gasteiger partial charge in [0.15, 0.2) is 6.29 Å². The molecular weight excluding hydrogens is 488 g/mol. The number of allylic oxidation sites excluding steroid dienone is 1. The van der Waals surface area contributed by atoms with E-state index in [1.165, 1.54) is 5.57 Å². The van der Waals surface area contributed by atoms with Gasteiger partial charge in [-0.25, -0.2) is 0 Å². The third-order valence-corrected chi connectivity index (χ3v) is 11.9. The summed E-state index contributed by atoms with van der Waals surface area (Å²) in [5.74, 6) is 0.799. The quantitative estimate of drug-likeness (QED) is 0.322. The van der Waals surface area contributed by atoms with E-state index in [1.54, 1.807) is 6.92 Å². The molecule has 0 spiro atoms. The van der Waals surface area contributed by atoms with E-state index in [0.717, 1.165) is 25.5 Å². The predicted molar refractivity (Wildman–Crippen MR) is 138 cm³/mol. The zero-order valence-electron chi connectivity index (χ0n) is 22.7. The van der Waals surface area contributed by atoms with Gasteiger partial charge in [-0.2, -0.15) is 0 Å². The Balaban J connectivity index is 1.22. The van der Waals surface area contributed by atoms with E-state index < -0.39 is 41.2 Å². The Morgan fingerprint density at radius 3 is 2.53 bits per heavy atom. The van der Waals surface area contributed by atoms with Crippen LogP contribution in [0.2, 0.25) is 0 Å². The van der Waals surface area contributed by atoms with Crippen LogP contribution in [0, 0.1) is 28.6 Å². The molecule has 2 unspecified atom stereocenters. The van der Waals surface area contributed by atoms with Gasteiger partial charge in [0, 0.05) is 18.3 Å². The van der Waals surface area contributed by atoms with Gasteiger partial charge in [0.05, 0.1) is 34.9 Å². The van der Waals surface area contributed by atoms with Crippen molar-refractivity contribution in [2.45, 2.75) is 120 Å². The number of aliphatic hydroxyl groups is 4. The molecule has 8 nitrogen and oxygen atoms in total. The zero-order chi connectivity index (χ0) is 27.1. The van der Waals surface area contributed by atoms with Crippen LogP contribution in [-0.2, 0) is 19.0 Å². The number of rotatable bonds is 4. The van der Waals surface area contributed by atoms with Gasteiger partial charge in [-0.1, -0.05) is 13.5 Å². The summed E-state index contributed by atoms with van der Waals surface area (Å²) in [6.07, 6.45) is 5.59. The maximum atomic E-state index is 13.0. The maximum absolute atomic E-state index is 13.0. The molecule has 12 atom stereocenters. The number of ether oxygens (including phenoxy) is 3. The lowest BCUT2D eigenvalue weighted by Crippen LogP contribution is -2.69. The van der Waals surface area contributed by atoms with Crippen molar-refractivity contribution in [3.05, 3.63) is 24.0 Å². The van der Waals surface area contributed by atoms with Crippen molar-refractivity contribution in [1.29, 1.82) is 0 Å². The second-order valence-corrected chi connectivity index (χ2v) is 13.5. The molecule has 6 aliphatic rings. The van der Waals surface area contributed by atoms with Crippen LogP contribution in [0.15, 0.2) is 24.0 Å². The molecule has 38 heavy (non-hydrogen) atoms. The maximum Gasteiger partial charge on any atom is 0.161 e. The monoisotopic (exact) mass is 532 g/mol. The summed E-state index contributed by atoms with van der Waals surface area (Å²) in [6.45, 7) is 8.41. The Morgan fingerprint density at radius 2 is 1.84 bits per heavy atom. The number of carbonyl (C=O) groups excluding carboxylic acids is 1. The summed E-state index contributed by atoms with van der Waals surface area (Å²) in [5.41, 5.74) is -2.09. The molecule has 2 heterocycles. The van der Waals surface area contributed by atoms with Crippen LogP contribution in [0.4, 0.5) is 0 Å². The molecular formula is C30H44O8. The lowest BCUT2D eigenvalue weighted by Gasteiger charge is -2.65. The number of aliphatic hydroxyl groups excluding tert-OH is 2. The molecule has 4 aliphatic carbocycles. The molecule has 0 radical (unpaired) electrons. The first-order chi connectivity index (χ1) is 18.0. The molecule has 5 fully saturated rings. The summed E-state index contributed by atoms with van der Waals surface area (Å²) in [6, 6.07) is 0. The topological polar surface area (TPSA) is 126 Å². The molecule has 1 saturated heterocycles. The van der Waals surface area contributed by atoms with E-state index >= 15 is 0 Å². The molecule has 4 N–H and O–H groups in total. The van der Waals surface area contributed by atoms with Crippen LogP contribution in [0.3, 0.4) is 0 Å². The number of hydrogen-bond acceptors (Lipinski definition) is 8. The second kappa shape index (κ2) is 9.11. The van der Waals surface area contributed by atoms with E-state index in [1.807, 2.05) is 6.08 Å². The highest BCUT2D eigenvalue weighted by Crippen LogP contribution is 2.70. The fourth-order valence-electron chi connectivity index (χ4n) is 9.84. The number of fused-ring (bicyclic) bond motifs is 5. The van der Waals surface area contributed by atoms with E-state index in [2.05, 4.69) is 13.5 Å². The molecule has 8 heteroatoms. The normalized spacial score (nSPS) is 54.4. The highest BCUT2D eigenvalue weighted by atomic mass is 16.7. The Kier molecular flexibility index (Phi) is 6.45. The van der Waals surface area contributed by atoms with E-state index in [4.69, 9.17) is 14.2 Å². The van der Waals surface area contributed by atoms with Crippen LogP contribution >= 0.6 is 0 Å². The molecule has 6 rings (SSSR count). The van der Waals surface area contributed by atoms with Crippen molar-refractivity contribution in [3.8, 4) is 0 Å². The first kappa shape index (κ1) is 26.9. The third-order valence-electron chi connectivity index (χ3n) is 11.9. The van der Waals surface area contributed by atoms with Gasteiger partial charge in [0.2, 0.25) is 0 Å². The van der Waals surface area contributed by atoms with Crippen LogP contribution in [0.25, 0.3) is 0 Å². The highest BCUT2D eigenvalue weighted by molar-refractivity contribution is 5.64. The van der Waals surface area contributed by atoms with Crippen LogP contribution in [0.5, 0.6) is 0 Å². The van der Waals surface area contributed by atoms with Crippen molar-refractivity contribution >= 4 is 6.29 Å². The fraction of sp³-hybridized carbons (Fsp3) is 0.833. The molecule has 2 aliphatic heterocycles. The van der Waals surface area contributed by atoms with Gasteiger partial charge in [0.1, 0.15) is 24.8 Å². The van der Waals surface area contributed by atoms with Crippen LogP contribution in [0.1, 0.15) is 78.1 Å². The molecule has 212 valence electrons. The molecule has 4 saturated carbocycles. The fourth-order valence-corrected chi connectivity index (χ4v) is 9.84.